The van der Waals surface area contributed by atoms with Crippen LogP contribution in [0.5, 0.6) is 0 Å². The normalized spacial score (nSPS) is 20.5. The molecule has 2 atom stereocenters. The van der Waals surface area contributed by atoms with Gasteiger partial charge in [0.05, 0.1) is 26.8 Å². The first-order chi connectivity index (χ1) is 8.95. The van der Waals surface area contributed by atoms with E-state index < -0.39 is 36.7 Å². The van der Waals surface area contributed by atoms with E-state index in [1.165, 1.54) is 12.0 Å². The number of esters is 1. The molecule has 0 radical (unpaired) electrons. The number of nitrogens with one attached hydrogen (secondary N) is 1. The van der Waals surface area contributed by atoms with Crippen molar-refractivity contribution in [3.8, 4) is 0 Å². The summed E-state index contributed by atoms with van der Waals surface area (Å²) in [5.41, 5.74) is 0. The van der Waals surface area contributed by atoms with Gasteiger partial charge in [-0.15, -0.1) is 0 Å². The highest BCUT2D eigenvalue weighted by Crippen LogP contribution is 2.06. The maximum atomic E-state index is 11.7. The maximum absolute atomic E-state index is 11.7. The van der Waals surface area contributed by atoms with Crippen LogP contribution in [0.3, 0.4) is 0 Å². The first-order valence-corrected chi connectivity index (χ1v) is 5.58. The SMILES string of the molecule is COC(=O)C1CN(C(=O)NC[C@H](O)C(=O)O)CCO1. The summed E-state index contributed by atoms with van der Waals surface area (Å²) in [6.07, 6.45) is -2.52. The van der Waals surface area contributed by atoms with Crippen LogP contribution in [0.25, 0.3) is 0 Å². The largest absolute Gasteiger partial charge is 0.479 e. The number of carbonyl (C=O) groups excluding carboxylic acids is 2. The van der Waals surface area contributed by atoms with Gasteiger partial charge in [0.2, 0.25) is 0 Å². The molecule has 1 saturated heterocycles. The topological polar surface area (TPSA) is 125 Å². The van der Waals surface area contributed by atoms with Crippen molar-refractivity contribution in [3.63, 3.8) is 0 Å². The Balaban J connectivity index is 2.44. The zero-order valence-electron chi connectivity index (χ0n) is 10.4. The van der Waals surface area contributed by atoms with Crippen molar-refractivity contribution >= 4 is 18.0 Å². The van der Waals surface area contributed by atoms with Crippen LogP contribution >= 0.6 is 0 Å². The van der Waals surface area contributed by atoms with E-state index >= 15 is 0 Å². The Kier molecular flexibility index (Phi) is 5.52. The molecule has 1 unspecified atom stereocenters. The molecule has 0 aromatic carbocycles. The van der Waals surface area contributed by atoms with Crippen LogP contribution in [0.4, 0.5) is 4.79 Å². The molecule has 1 fully saturated rings. The predicted octanol–water partition coefficient (Wildman–Crippen LogP) is -1.98. The molecule has 0 saturated carbocycles. The first-order valence-electron chi connectivity index (χ1n) is 5.58. The number of morpholine rings is 1. The van der Waals surface area contributed by atoms with Gasteiger partial charge >= 0.3 is 18.0 Å². The highest BCUT2D eigenvalue weighted by Gasteiger charge is 2.30. The third-order valence-corrected chi connectivity index (χ3v) is 2.55. The van der Waals surface area contributed by atoms with Gasteiger partial charge in [-0.25, -0.2) is 14.4 Å². The zero-order chi connectivity index (χ0) is 14.4. The van der Waals surface area contributed by atoms with E-state index in [1.807, 2.05) is 0 Å². The minimum absolute atomic E-state index is 0.0155. The van der Waals surface area contributed by atoms with Gasteiger partial charge in [0, 0.05) is 6.54 Å². The molecule has 0 spiro atoms. The second-order valence-corrected chi connectivity index (χ2v) is 3.87. The molecular formula is C10H16N2O7. The highest BCUT2D eigenvalue weighted by atomic mass is 16.6. The summed E-state index contributed by atoms with van der Waals surface area (Å²) in [5, 5.41) is 19.7. The van der Waals surface area contributed by atoms with Crippen molar-refractivity contribution in [2.75, 3.05) is 33.4 Å². The van der Waals surface area contributed by atoms with Gasteiger partial charge in [-0.2, -0.15) is 0 Å². The molecule has 1 aliphatic rings. The second kappa shape index (κ2) is 6.90. The molecule has 108 valence electrons. The predicted molar refractivity (Wildman–Crippen MR) is 60.4 cm³/mol. The third kappa shape index (κ3) is 4.38. The van der Waals surface area contributed by atoms with Crippen molar-refractivity contribution in [1.82, 2.24) is 10.2 Å². The number of ether oxygens (including phenoxy) is 2. The number of carboxylic acids is 1. The van der Waals surface area contributed by atoms with Gasteiger partial charge in [0.15, 0.2) is 12.2 Å². The van der Waals surface area contributed by atoms with Crippen LogP contribution in [-0.4, -0.2) is 78.6 Å². The smallest absolute Gasteiger partial charge is 0.336 e. The molecule has 0 aromatic heterocycles. The number of aliphatic hydroxyl groups excluding tert-OH is 1. The number of methoxy groups -OCH3 is 1. The van der Waals surface area contributed by atoms with Crippen molar-refractivity contribution in [1.29, 1.82) is 0 Å². The van der Waals surface area contributed by atoms with Crippen LogP contribution in [0.2, 0.25) is 0 Å². The summed E-state index contributed by atoms with van der Waals surface area (Å²) < 4.78 is 9.64. The number of rotatable bonds is 4. The van der Waals surface area contributed by atoms with Gasteiger partial charge in [0.25, 0.3) is 0 Å². The lowest BCUT2D eigenvalue weighted by atomic mass is 10.3. The molecule has 2 amide bonds. The van der Waals surface area contributed by atoms with E-state index in [0.717, 1.165) is 0 Å². The second-order valence-electron chi connectivity index (χ2n) is 3.87. The quantitative estimate of drug-likeness (QED) is 0.508. The number of carbonyl (C=O) groups is 3. The maximum Gasteiger partial charge on any atom is 0.336 e. The molecule has 0 bridgehead atoms. The number of carboxylic acid groups (broad SMARTS) is 1. The van der Waals surface area contributed by atoms with Crippen LogP contribution in [-0.2, 0) is 19.1 Å². The summed E-state index contributed by atoms with van der Waals surface area (Å²) in [6, 6.07) is -0.572. The minimum Gasteiger partial charge on any atom is -0.479 e. The summed E-state index contributed by atoms with van der Waals surface area (Å²) in [5.74, 6) is -2.00. The monoisotopic (exact) mass is 276 g/mol. The lowest BCUT2D eigenvalue weighted by Gasteiger charge is -2.31. The number of nitrogens with zero attached hydrogens (tertiary/aromatic N) is 1. The number of urea groups is 1. The van der Waals surface area contributed by atoms with Gasteiger partial charge in [-0.3, -0.25) is 0 Å². The third-order valence-electron chi connectivity index (χ3n) is 2.55. The van der Waals surface area contributed by atoms with E-state index in [9.17, 15) is 14.4 Å². The Morgan fingerprint density at radius 1 is 1.53 bits per heavy atom. The summed E-state index contributed by atoms with van der Waals surface area (Å²) in [7, 11) is 1.22. The summed E-state index contributed by atoms with van der Waals surface area (Å²) in [6.45, 7) is 0.0489. The lowest BCUT2D eigenvalue weighted by molar-refractivity contribution is -0.158. The van der Waals surface area contributed by atoms with Crippen LogP contribution < -0.4 is 5.32 Å². The fraction of sp³-hybridized carbons (Fsp3) is 0.700. The van der Waals surface area contributed by atoms with E-state index in [-0.39, 0.29) is 19.7 Å². The number of aliphatic hydroxyl groups is 1. The van der Waals surface area contributed by atoms with E-state index in [0.29, 0.717) is 0 Å². The Morgan fingerprint density at radius 3 is 2.79 bits per heavy atom. The van der Waals surface area contributed by atoms with Gasteiger partial charge in [-0.1, -0.05) is 0 Å². The molecule has 0 aliphatic carbocycles. The van der Waals surface area contributed by atoms with Gasteiger partial charge in [-0.05, 0) is 0 Å². The van der Waals surface area contributed by atoms with Crippen LogP contribution in [0.1, 0.15) is 0 Å². The van der Waals surface area contributed by atoms with Crippen molar-refractivity contribution in [2.45, 2.75) is 12.2 Å². The van der Waals surface area contributed by atoms with Crippen LogP contribution in [0.15, 0.2) is 0 Å². The van der Waals surface area contributed by atoms with Crippen molar-refractivity contribution < 1.29 is 34.1 Å². The molecule has 1 rings (SSSR count). The van der Waals surface area contributed by atoms with Crippen molar-refractivity contribution in [3.05, 3.63) is 0 Å². The average molecular weight is 276 g/mol. The number of hydrogen-bond donors (Lipinski definition) is 3. The molecule has 19 heavy (non-hydrogen) atoms. The lowest BCUT2D eigenvalue weighted by Crippen LogP contribution is -2.53. The zero-order valence-corrected chi connectivity index (χ0v) is 10.4. The number of hydrogen-bond acceptors (Lipinski definition) is 6. The molecule has 9 heteroatoms. The Labute approximate surface area is 109 Å². The summed E-state index contributed by atoms with van der Waals surface area (Å²) in [4.78, 5) is 34.6. The molecule has 3 N–H and O–H groups in total. The first kappa shape index (κ1) is 15.2. The Hall–Kier alpha value is -1.87. The van der Waals surface area contributed by atoms with Crippen molar-refractivity contribution in [2.24, 2.45) is 0 Å². The fourth-order valence-corrected chi connectivity index (χ4v) is 1.49. The Bertz CT molecular complexity index is 360. The average Bonchev–Trinajstić information content (AvgIpc) is 2.43. The van der Waals surface area contributed by atoms with Crippen LogP contribution in [0, 0.1) is 0 Å². The molecule has 0 aromatic rings. The fourth-order valence-electron chi connectivity index (χ4n) is 1.49. The number of amides is 2. The molecule has 1 heterocycles. The molecular weight excluding hydrogens is 260 g/mol. The molecule has 9 nitrogen and oxygen atoms in total. The standard InChI is InChI=1S/C10H16N2O7/c1-18-9(16)7-5-12(2-3-19-7)10(17)11-4-6(13)8(14)15/h6-7,13H,2-5H2,1H3,(H,11,17)(H,14,15)/t6-,7?/m0/s1. The minimum atomic E-state index is -1.67. The molecule has 1 aliphatic heterocycles. The van der Waals surface area contributed by atoms with E-state index in [1.54, 1.807) is 0 Å². The highest BCUT2D eigenvalue weighted by molar-refractivity contribution is 5.79. The summed E-state index contributed by atoms with van der Waals surface area (Å²) >= 11 is 0. The number of aliphatic carboxylic acids is 1. The van der Waals surface area contributed by atoms with E-state index in [4.69, 9.17) is 14.9 Å². The van der Waals surface area contributed by atoms with E-state index in [2.05, 4.69) is 10.1 Å². The Morgan fingerprint density at radius 2 is 2.21 bits per heavy atom. The van der Waals surface area contributed by atoms with Gasteiger partial charge in [0.1, 0.15) is 0 Å². The van der Waals surface area contributed by atoms with Gasteiger partial charge < -0.3 is 29.9 Å².